The lowest BCUT2D eigenvalue weighted by Gasteiger charge is -2.52. The van der Waals surface area contributed by atoms with Crippen LogP contribution in [0.3, 0.4) is 0 Å². The van der Waals surface area contributed by atoms with E-state index in [0.29, 0.717) is 18.3 Å². The van der Waals surface area contributed by atoms with E-state index in [1.54, 1.807) is 0 Å². The number of carboxylic acid groups (broad SMARTS) is 1. The first kappa shape index (κ1) is 15.0. The minimum absolute atomic E-state index is 0.0284. The van der Waals surface area contributed by atoms with E-state index >= 15 is 0 Å². The van der Waals surface area contributed by atoms with Crippen molar-refractivity contribution in [1.82, 2.24) is 0 Å². The lowest BCUT2D eigenvalue weighted by Crippen LogP contribution is -2.51. The van der Waals surface area contributed by atoms with Crippen LogP contribution in [-0.4, -0.2) is 28.1 Å². The van der Waals surface area contributed by atoms with Crippen LogP contribution < -0.4 is 0 Å². The number of hydrogen-bond acceptors (Lipinski definition) is 3. The largest absolute Gasteiger partial charge is 0.481 e. The molecule has 7 unspecified atom stereocenters. The minimum atomic E-state index is -0.799. The second-order valence-corrected chi connectivity index (χ2v) is 7.73. The van der Waals surface area contributed by atoms with Crippen LogP contribution in [0, 0.1) is 35.0 Å². The first-order valence-corrected chi connectivity index (χ1v) is 8.27. The summed E-state index contributed by atoms with van der Waals surface area (Å²) in [5.41, 5.74) is -0.0344. The third-order valence-corrected chi connectivity index (χ3v) is 6.96. The molecule has 0 heterocycles. The number of aliphatic carboxylic acids is 1. The molecule has 0 saturated heterocycles. The van der Waals surface area contributed by atoms with Crippen LogP contribution in [-0.2, 0) is 9.59 Å². The normalized spacial score (nSPS) is 49.3. The number of aliphatic hydroxyl groups excluding tert-OH is 1. The fourth-order valence-corrected chi connectivity index (χ4v) is 5.81. The van der Waals surface area contributed by atoms with Crippen molar-refractivity contribution in [3.8, 4) is 0 Å². The third kappa shape index (κ3) is 2.14. The molecule has 3 aliphatic rings. The highest BCUT2D eigenvalue weighted by molar-refractivity contribution is 5.85. The van der Waals surface area contributed by atoms with E-state index in [4.69, 9.17) is 0 Å². The number of carboxylic acids is 1. The molecule has 21 heavy (non-hydrogen) atoms. The fourth-order valence-electron chi connectivity index (χ4n) is 5.81. The summed E-state index contributed by atoms with van der Waals surface area (Å²) < 4.78 is 0. The van der Waals surface area contributed by atoms with Crippen LogP contribution in [0.2, 0.25) is 0 Å². The van der Waals surface area contributed by atoms with Crippen molar-refractivity contribution in [2.24, 2.45) is 35.0 Å². The van der Waals surface area contributed by atoms with Gasteiger partial charge in [0.2, 0.25) is 0 Å². The highest BCUT2D eigenvalue weighted by Crippen LogP contribution is 2.60. The number of hydrogen-bond donors (Lipinski definition) is 2. The van der Waals surface area contributed by atoms with Gasteiger partial charge in [0.1, 0.15) is 5.78 Å². The van der Waals surface area contributed by atoms with Gasteiger partial charge in [0.15, 0.2) is 0 Å². The molecule has 3 fully saturated rings. The zero-order chi connectivity index (χ0) is 15.4. The number of carbonyl (C=O) groups excluding carboxylic acids is 1. The van der Waals surface area contributed by atoms with Gasteiger partial charge >= 0.3 is 5.97 Å². The Labute approximate surface area is 125 Å². The standard InChI is InChI=1S/C17H26O4/c1-9(18)10-3-4-11-12(15(10)16(20)21)7-8-17(2)13(11)5-6-14(17)19/h10-15,19H,3-8H2,1-2H3,(H,20,21). The number of ketones is 1. The van der Waals surface area contributed by atoms with Crippen LogP contribution in [0.15, 0.2) is 0 Å². The van der Waals surface area contributed by atoms with E-state index < -0.39 is 11.9 Å². The van der Waals surface area contributed by atoms with E-state index in [1.807, 2.05) is 0 Å². The van der Waals surface area contributed by atoms with Crippen molar-refractivity contribution in [3.05, 3.63) is 0 Å². The van der Waals surface area contributed by atoms with Crippen molar-refractivity contribution in [2.75, 3.05) is 0 Å². The molecule has 2 N–H and O–H groups in total. The summed E-state index contributed by atoms with van der Waals surface area (Å²) >= 11 is 0. The van der Waals surface area contributed by atoms with Crippen molar-refractivity contribution < 1.29 is 19.8 Å². The Bertz CT molecular complexity index is 460. The van der Waals surface area contributed by atoms with Gasteiger partial charge in [-0.15, -0.1) is 0 Å². The summed E-state index contributed by atoms with van der Waals surface area (Å²) in [6, 6.07) is 0. The highest BCUT2D eigenvalue weighted by atomic mass is 16.4. The van der Waals surface area contributed by atoms with Crippen molar-refractivity contribution in [2.45, 2.75) is 58.5 Å². The summed E-state index contributed by atoms with van der Waals surface area (Å²) in [7, 11) is 0. The van der Waals surface area contributed by atoms with Gasteiger partial charge in [0, 0.05) is 5.92 Å². The lowest BCUT2D eigenvalue weighted by atomic mass is 9.52. The molecule has 118 valence electrons. The molecule has 0 aromatic heterocycles. The number of Topliss-reactive ketones (excluding diaryl/α,β-unsaturated/α-hetero) is 1. The van der Waals surface area contributed by atoms with Crippen molar-refractivity contribution in [3.63, 3.8) is 0 Å². The van der Waals surface area contributed by atoms with Gasteiger partial charge in [0.05, 0.1) is 12.0 Å². The smallest absolute Gasteiger partial charge is 0.307 e. The van der Waals surface area contributed by atoms with Crippen molar-refractivity contribution >= 4 is 11.8 Å². The Kier molecular flexibility index (Phi) is 3.63. The first-order chi connectivity index (χ1) is 9.86. The Morgan fingerprint density at radius 2 is 1.76 bits per heavy atom. The molecule has 3 aliphatic carbocycles. The van der Waals surface area contributed by atoms with Gasteiger partial charge in [-0.25, -0.2) is 0 Å². The summed E-state index contributed by atoms with van der Waals surface area (Å²) in [5.74, 6) is -0.664. The summed E-state index contributed by atoms with van der Waals surface area (Å²) in [5, 5.41) is 20.0. The van der Waals surface area contributed by atoms with Crippen LogP contribution in [0.4, 0.5) is 0 Å². The first-order valence-electron chi connectivity index (χ1n) is 8.27. The van der Waals surface area contributed by atoms with Gasteiger partial charge in [0.25, 0.3) is 0 Å². The number of rotatable bonds is 2. The van der Waals surface area contributed by atoms with Gasteiger partial charge in [-0.05, 0) is 68.6 Å². The Hall–Kier alpha value is -0.900. The molecule has 4 nitrogen and oxygen atoms in total. The molecule has 0 bridgehead atoms. The number of aliphatic hydroxyl groups is 1. The maximum Gasteiger partial charge on any atom is 0.307 e. The maximum atomic E-state index is 11.8. The fraction of sp³-hybridized carbons (Fsp3) is 0.882. The molecule has 3 rings (SSSR count). The molecule has 7 atom stereocenters. The van der Waals surface area contributed by atoms with E-state index in [0.717, 1.165) is 32.1 Å². The van der Waals surface area contributed by atoms with Crippen LogP contribution in [0.1, 0.15) is 52.4 Å². The molecule has 0 aromatic rings. The zero-order valence-corrected chi connectivity index (χ0v) is 12.9. The molecule has 0 radical (unpaired) electrons. The molecule has 0 amide bonds. The topological polar surface area (TPSA) is 74.6 Å². The monoisotopic (exact) mass is 294 g/mol. The molecule has 4 heteroatoms. The summed E-state index contributed by atoms with van der Waals surface area (Å²) in [6.45, 7) is 3.71. The second-order valence-electron chi connectivity index (χ2n) is 7.73. The predicted molar refractivity (Wildman–Crippen MR) is 77.6 cm³/mol. The van der Waals surface area contributed by atoms with Gasteiger partial charge in [-0.1, -0.05) is 6.92 Å². The number of fused-ring (bicyclic) bond motifs is 3. The third-order valence-electron chi connectivity index (χ3n) is 6.96. The van der Waals surface area contributed by atoms with E-state index in [9.17, 15) is 19.8 Å². The second kappa shape index (κ2) is 5.08. The molecular weight excluding hydrogens is 268 g/mol. The van der Waals surface area contributed by atoms with Crippen molar-refractivity contribution in [1.29, 1.82) is 0 Å². The molecular formula is C17H26O4. The number of carbonyl (C=O) groups is 2. The van der Waals surface area contributed by atoms with Gasteiger partial charge < -0.3 is 10.2 Å². The molecule has 0 aliphatic heterocycles. The predicted octanol–water partition coefficient (Wildman–Crippen LogP) is 2.49. The van der Waals surface area contributed by atoms with Crippen LogP contribution in [0.5, 0.6) is 0 Å². The Balaban J connectivity index is 1.90. The average molecular weight is 294 g/mol. The summed E-state index contributed by atoms with van der Waals surface area (Å²) in [4.78, 5) is 23.6. The minimum Gasteiger partial charge on any atom is -0.481 e. The zero-order valence-electron chi connectivity index (χ0n) is 12.9. The SMILES string of the molecule is CC(=O)C1CCC2C(CCC3(C)C(O)CCC23)C1C(=O)O. The molecule has 3 saturated carbocycles. The van der Waals surface area contributed by atoms with Crippen LogP contribution >= 0.6 is 0 Å². The highest BCUT2D eigenvalue weighted by Gasteiger charge is 2.58. The van der Waals surface area contributed by atoms with Gasteiger partial charge in [-0.3, -0.25) is 9.59 Å². The Morgan fingerprint density at radius 3 is 2.38 bits per heavy atom. The average Bonchev–Trinajstić information content (AvgIpc) is 2.73. The maximum absolute atomic E-state index is 11.8. The summed E-state index contributed by atoms with van der Waals surface area (Å²) in [6.07, 6.45) is 5.01. The van der Waals surface area contributed by atoms with E-state index in [2.05, 4.69) is 6.92 Å². The lowest BCUT2D eigenvalue weighted by molar-refractivity contribution is -0.158. The van der Waals surface area contributed by atoms with E-state index in [1.165, 1.54) is 6.92 Å². The van der Waals surface area contributed by atoms with Gasteiger partial charge in [-0.2, -0.15) is 0 Å². The molecule has 0 spiro atoms. The van der Waals surface area contributed by atoms with E-state index in [-0.39, 0.29) is 29.1 Å². The quantitative estimate of drug-likeness (QED) is 0.820. The van der Waals surface area contributed by atoms with Crippen LogP contribution in [0.25, 0.3) is 0 Å². The Morgan fingerprint density at radius 1 is 1.05 bits per heavy atom. The molecule has 0 aromatic carbocycles.